The van der Waals surface area contributed by atoms with E-state index in [9.17, 15) is 4.79 Å². The molecule has 1 saturated heterocycles. The van der Waals surface area contributed by atoms with Crippen LogP contribution in [0.2, 0.25) is 0 Å². The van der Waals surface area contributed by atoms with Crippen LogP contribution in [0, 0.1) is 0 Å². The Balaban J connectivity index is 1.84. The summed E-state index contributed by atoms with van der Waals surface area (Å²) in [5.41, 5.74) is 0. The van der Waals surface area contributed by atoms with E-state index in [1.54, 1.807) is 0 Å². The second kappa shape index (κ2) is 5.62. The Labute approximate surface area is 98.4 Å². The van der Waals surface area contributed by atoms with Crippen LogP contribution in [0.4, 0.5) is 5.95 Å². The summed E-state index contributed by atoms with van der Waals surface area (Å²) in [6.45, 7) is 1.55. The van der Waals surface area contributed by atoms with Crippen LogP contribution in [0.3, 0.4) is 0 Å². The predicted molar refractivity (Wildman–Crippen MR) is 57.7 cm³/mol. The number of aromatic nitrogens is 2. The highest BCUT2D eigenvalue weighted by atomic mass is 16.5. The molecule has 2 heterocycles. The molecule has 17 heavy (non-hydrogen) atoms. The summed E-state index contributed by atoms with van der Waals surface area (Å²) in [5, 5.41) is 12.3. The second-order valence-electron chi connectivity index (χ2n) is 3.92. The third-order valence-corrected chi connectivity index (χ3v) is 2.55. The smallest absolute Gasteiger partial charge is 0.329 e. The summed E-state index contributed by atoms with van der Waals surface area (Å²) >= 11 is 0. The van der Waals surface area contributed by atoms with Crippen molar-refractivity contribution in [2.24, 2.45) is 0 Å². The van der Waals surface area contributed by atoms with Gasteiger partial charge in [-0.05, 0) is 24.4 Å². The van der Waals surface area contributed by atoms with Crippen LogP contribution in [0.15, 0.2) is 4.52 Å². The van der Waals surface area contributed by atoms with Crippen molar-refractivity contribution in [1.82, 2.24) is 10.1 Å². The molecule has 0 amide bonds. The molecule has 1 aliphatic rings. The number of ether oxygens (including phenoxy) is 1. The fraction of sp³-hybridized carbons (Fsp3) is 0.700. The van der Waals surface area contributed by atoms with Gasteiger partial charge in [-0.15, -0.1) is 0 Å². The van der Waals surface area contributed by atoms with E-state index in [0.29, 0.717) is 11.8 Å². The number of hydrogen-bond donors (Lipinski definition) is 1. The van der Waals surface area contributed by atoms with Crippen LogP contribution in [0.5, 0.6) is 0 Å². The van der Waals surface area contributed by atoms with Gasteiger partial charge in [-0.1, -0.05) is 0 Å². The molecule has 0 radical (unpaired) electrons. The summed E-state index contributed by atoms with van der Waals surface area (Å²) in [6.07, 6.45) is 3.52. The van der Waals surface area contributed by atoms with E-state index in [2.05, 4.69) is 15.0 Å². The van der Waals surface area contributed by atoms with Gasteiger partial charge in [-0.2, -0.15) is 4.98 Å². The highest BCUT2D eigenvalue weighted by Crippen LogP contribution is 2.16. The number of carboxylic acid groups (broad SMARTS) is 1. The van der Waals surface area contributed by atoms with Gasteiger partial charge in [0.25, 0.3) is 11.8 Å². The number of rotatable bonds is 5. The molecule has 1 aromatic rings. The van der Waals surface area contributed by atoms with Gasteiger partial charge >= 0.3 is 5.97 Å². The number of carboxylic acids is 1. The van der Waals surface area contributed by atoms with Gasteiger partial charge < -0.3 is 19.3 Å². The van der Waals surface area contributed by atoms with E-state index in [0.717, 1.165) is 25.9 Å². The summed E-state index contributed by atoms with van der Waals surface area (Å²) in [6, 6.07) is 0. The maximum absolute atomic E-state index is 10.2. The minimum Gasteiger partial charge on any atom is -0.480 e. The lowest BCUT2D eigenvalue weighted by Crippen LogP contribution is -2.30. The fourth-order valence-electron chi connectivity index (χ4n) is 1.75. The van der Waals surface area contributed by atoms with Gasteiger partial charge in [0.15, 0.2) is 0 Å². The first-order valence-corrected chi connectivity index (χ1v) is 5.63. The molecule has 0 spiro atoms. The third-order valence-electron chi connectivity index (χ3n) is 2.55. The minimum atomic E-state index is -1.01. The monoisotopic (exact) mass is 241 g/mol. The van der Waals surface area contributed by atoms with Crippen molar-refractivity contribution in [1.29, 1.82) is 0 Å². The number of hydrogen-bond acceptors (Lipinski definition) is 6. The predicted octanol–water partition coefficient (Wildman–Crippen LogP) is 0.661. The van der Waals surface area contributed by atoms with Crippen molar-refractivity contribution in [3.63, 3.8) is 0 Å². The standard InChI is InChI=1S/C10H15N3O4/c14-9(15)7-16-6-8-11-10(12-17-8)13-4-2-1-3-5-13/h1-7H2,(H,14,15). The molecule has 1 aliphatic heterocycles. The average molecular weight is 241 g/mol. The maximum atomic E-state index is 10.2. The van der Waals surface area contributed by atoms with Crippen LogP contribution in [-0.2, 0) is 16.1 Å². The van der Waals surface area contributed by atoms with Crippen molar-refractivity contribution in [2.75, 3.05) is 24.6 Å². The molecule has 0 unspecified atom stereocenters. The molecule has 0 aromatic carbocycles. The quantitative estimate of drug-likeness (QED) is 0.809. The summed E-state index contributed by atoms with van der Waals surface area (Å²) in [7, 11) is 0. The van der Waals surface area contributed by atoms with Crippen LogP contribution in [0.1, 0.15) is 25.2 Å². The molecule has 1 N–H and O–H groups in total. The highest BCUT2D eigenvalue weighted by molar-refractivity contribution is 5.67. The first-order chi connectivity index (χ1) is 8.25. The van der Waals surface area contributed by atoms with Crippen molar-refractivity contribution in [3.05, 3.63) is 5.89 Å². The normalized spacial score (nSPS) is 16.1. The van der Waals surface area contributed by atoms with Crippen LogP contribution >= 0.6 is 0 Å². The zero-order valence-electron chi connectivity index (χ0n) is 9.46. The van der Waals surface area contributed by atoms with Crippen LogP contribution in [0.25, 0.3) is 0 Å². The Morgan fingerprint density at radius 2 is 2.18 bits per heavy atom. The molecule has 0 aliphatic carbocycles. The van der Waals surface area contributed by atoms with E-state index in [1.807, 2.05) is 0 Å². The van der Waals surface area contributed by atoms with Crippen molar-refractivity contribution >= 4 is 11.9 Å². The summed E-state index contributed by atoms with van der Waals surface area (Å²) < 4.78 is 9.85. The first-order valence-electron chi connectivity index (χ1n) is 5.63. The minimum absolute atomic E-state index is 0.0349. The zero-order chi connectivity index (χ0) is 12.1. The SMILES string of the molecule is O=C(O)COCc1nc(N2CCCCC2)no1. The number of aliphatic carboxylic acids is 1. The third kappa shape index (κ3) is 3.42. The lowest BCUT2D eigenvalue weighted by atomic mass is 10.1. The van der Waals surface area contributed by atoms with Crippen LogP contribution < -0.4 is 4.90 Å². The molecule has 0 bridgehead atoms. The van der Waals surface area contributed by atoms with Gasteiger partial charge in [0, 0.05) is 13.1 Å². The van der Waals surface area contributed by atoms with E-state index < -0.39 is 5.97 Å². The Morgan fingerprint density at radius 3 is 2.88 bits per heavy atom. The van der Waals surface area contributed by atoms with Gasteiger partial charge in [0.2, 0.25) is 0 Å². The Kier molecular flexibility index (Phi) is 3.92. The molecule has 1 fully saturated rings. The summed E-state index contributed by atoms with van der Waals surface area (Å²) in [4.78, 5) is 16.5. The van der Waals surface area contributed by atoms with Gasteiger partial charge in [0.05, 0.1) is 0 Å². The largest absolute Gasteiger partial charge is 0.480 e. The summed E-state index contributed by atoms with van der Waals surface area (Å²) in [5.74, 6) is -0.133. The first kappa shape index (κ1) is 11.8. The molecule has 94 valence electrons. The molecule has 1 aromatic heterocycles. The molecule has 2 rings (SSSR count). The molecular formula is C10H15N3O4. The molecular weight excluding hydrogens is 226 g/mol. The Morgan fingerprint density at radius 1 is 1.41 bits per heavy atom. The average Bonchev–Trinajstić information content (AvgIpc) is 2.78. The van der Waals surface area contributed by atoms with Gasteiger partial charge in [0.1, 0.15) is 13.2 Å². The maximum Gasteiger partial charge on any atom is 0.329 e. The van der Waals surface area contributed by atoms with Gasteiger partial charge in [-0.25, -0.2) is 4.79 Å². The van der Waals surface area contributed by atoms with E-state index in [4.69, 9.17) is 14.4 Å². The number of anilines is 1. The van der Waals surface area contributed by atoms with E-state index >= 15 is 0 Å². The number of nitrogens with zero attached hydrogens (tertiary/aromatic N) is 3. The molecule has 7 nitrogen and oxygen atoms in total. The fourth-order valence-corrected chi connectivity index (χ4v) is 1.75. The zero-order valence-corrected chi connectivity index (χ0v) is 9.46. The lowest BCUT2D eigenvalue weighted by molar-refractivity contribution is -0.142. The number of piperidine rings is 1. The van der Waals surface area contributed by atoms with Crippen molar-refractivity contribution in [3.8, 4) is 0 Å². The Bertz CT molecular complexity index is 373. The molecule has 7 heteroatoms. The van der Waals surface area contributed by atoms with E-state index in [-0.39, 0.29) is 13.2 Å². The van der Waals surface area contributed by atoms with Gasteiger partial charge in [-0.3, -0.25) is 0 Å². The second-order valence-corrected chi connectivity index (χ2v) is 3.92. The van der Waals surface area contributed by atoms with Crippen molar-refractivity contribution in [2.45, 2.75) is 25.9 Å². The molecule has 0 saturated carbocycles. The number of carbonyl (C=O) groups is 1. The van der Waals surface area contributed by atoms with E-state index in [1.165, 1.54) is 6.42 Å². The topological polar surface area (TPSA) is 88.7 Å². The van der Waals surface area contributed by atoms with Crippen molar-refractivity contribution < 1.29 is 19.2 Å². The Hall–Kier alpha value is -1.63. The van der Waals surface area contributed by atoms with Crippen LogP contribution in [-0.4, -0.2) is 40.9 Å². The lowest BCUT2D eigenvalue weighted by Gasteiger charge is -2.24. The molecule has 0 atom stereocenters. The highest BCUT2D eigenvalue weighted by Gasteiger charge is 2.16.